The van der Waals surface area contributed by atoms with Crippen LogP contribution in [0.25, 0.3) is 0 Å². The quantitative estimate of drug-likeness (QED) is 0.304. The Labute approximate surface area is 96.2 Å². The summed E-state index contributed by atoms with van der Waals surface area (Å²) in [6.07, 6.45) is 1.40. The van der Waals surface area contributed by atoms with Crippen LogP contribution in [0.2, 0.25) is 0 Å². The second kappa shape index (κ2) is 4.60. The van der Waals surface area contributed by atoms with Crippen LogP contribution >= 0.6 is 22.6 Å². The number of rotatable bonds is 1. The molecule has 68 valence electrons. The molecule has 0 aromatic heterocycles. The molecule has 1 saturated heterocycles. The Bertz CT molecular complexity index is 226. The first-order chi connectivity index (χ1) is 5.69. The molecule has 0 spiro atoms. The Morgan fingerprint density at radius 2 is 2.58 bits per heavy atom. The van der Waals surface area contributed by atoms with Crippen molar-refractivity contribution in [3.63, 3.8) is 0 Å². The zero-order valence-corrected chi connectivity index (χ0v) is 10.9. The minimum atomic E-state index is -0.232. The van der Waals surface area contributed by atoms with E-state index in [2.05, 4.69) is 28.7 Å². The number of carbonyl (C=O) groups is 1. The third kappa shape index (κ3) is 2.22. The van der Waals surface area contributed by atoms with Gasteiger partial charge in [0, 0.05) is 0 Å². The van der Waals surface area contributed by atoms with Gasteiger partial charge in [-0.05, 0) is 0 Å². The van der Waals surface area contributed by atoms with Crippen molar-refractivity contribution in [2.24, 2.45) is 0 Å². The fourth-order valence-electron chi connectivity index (χ4n) is 0.966. The van der Waals surface area contributed by atoms with Gasteiger partial charge in [-0.3, -0.25) is 0 Å². The van der Waals surface area contributed by atoms with Gasteiger partial charge in [0.25, 0.3) is 0 Å². The van der Waals surface area contributed by atoms with Crippen LogP contribution in [0, 0.1) is 11.3 Å². The van der Waals surface area contributed by atoms with Crippen molar-refractivity contribution in [1.82, 2.24) is 3.11 Å². The second-order valence-corrected chi connectivity index (χ2v) is 9.41. The summed E-state index contributed by atoms with van der Waals surface area (Å²) in [6.45, 7) is 1.85. The Morgan fingerprint density at radius 1 is 1.92 bits per heavy atom. The first-order valence-corrected chi connectivity index (χ1v) is 7.14. The molecular weight excluding hydrogens is 382 g/mol. The summed E-state index contributed by atoms with van der Waals surface area (Å²) in [5.41, 5.74) is 0. The van der Waals surface area contributed by atoms with E-state index in [0.29, 0.717) is 8.35 Å². The van der Waals surface area contributed by atoms with Gasteiger partial charge in [0.15, 0.2) is 0 Å². The number of alkyl halides is 2. The molecule has 5 heteroatoms. The summed E-state index contributed by atoms with van der Waals surface area (Å²) in [5, 5.41) is 8.77. The molecule has 1 fully saturated rings. The normalized spacial score (nSPS) is 29.2. The van der Waals surface area contributed by atoms with Gasteiger partial charge in [0.05, 0.1) is 0 Å². The third-order valence-electron chi connectivity index (χ3n) is 1.58. The standard InChI is InChI=1S/C7H9I2N2O/c1-2-7(12)11-5(4-10)3-6(8)9-11/h5-6H,2-3H2,1H3/q-1/t5-,6+/m0/s1. The van der Waals surface area contributed by atoms with Crippen LogP contribution in [-0.4, -0.2) is 17.0 Å². The zero-order valence-electron chi connectivity index (χ0n) is 6.63. The van der Waals surface area contributed by atoms with E-state index in [-0.39, 0.29) is 33.4 Å². The van der Waals surface area contributed by atoms with Gasteiger partial charge in [0.1, 0.15) is 0 Å². The van der Waals surface area contributed by atoms with Gasteiger partial charge in [0.2, 0.25) is 0 Å². The van der Waals surface area contributed by atoms with E-state index < -0.39 is 0 Å². The first-order valence-electron chi connectivity index (χ1n) is 3.68. The van der Waals surface area contributed by atoms with E-state index in [1.165, 1.54) is 0 Å². The number of nitriles is 1. The van der Waals surface area contributed by atoms with Crippen molar-refractivity contribution in [1.29, 1.82) is 5.26 Å². The van der Waals surface area contributed by atoms with Crippen molar-refractivity contribution < 1.29 is 26.3 Å². The molecule has 0 radical (unpaired) electrons. The molecule has 0 N–H and O–H groups in total. The molecule has 3 nitrogen and oxygen atoms in total. The van der Waals surface area contributed by atoms with Crippen molar-refractivity contribution in [2.75, 3.05) is 0 Å². The Morgan fingerprint density at radius 3 is 3.08 bits per heavy atom. The van der Waals surface area contributed by atoms with Crippen LogP contribution < -0.4 is 21.5 Å². The minimum absolute atomic E-state index is 0.132. The molecule has 1 aliphatic heterocycles. The van der Waals surface area contributed by atoms with E-state index in [0.717, 1.165) is 6.42 Å². The molecule has 0 unspecified atom stereocenters. The Kier molecular flexibility index (Phi) is 4.02. The van der Waals surface area contributed by atoms with Crippen molar-refractivity contribution in [3.8, 4) is 6.07 Å². The molecule has 0 saturated carbocycles. The predicted octanol–water partition coefficient (Wildman–Crippen LogP) is -1.71. The van der Waals surface area contributed by atoms with Crippen LogP contribution in [0.4, 0.5) is 0 Å². The van der Waals surface area contributed by atoms with E-state index in [1.807, 2.05) is 6.92 Å². The summed E-state index contributed by atoms with van der Waals surface area (Å²) in [6, 6.07) is 2.06. The molecule has 0 bridgehead atoms. The molecule has 0 aliphatic carbocycles. The van der Waals surface area contributed by atoms with E-state index in [9.17, 15) is 4.79 Å². The van der Waals surface area contributed by atoms with Gasteiger partial charge in [-0.1, -0.05) is 0 Å². The van der Waals surface area contributed by atoms with Crippen LogP contribution in [0.3, 0.4) is 0 Å². The van der Waals surface area contributed by atoms with Crippen molar-refractivity contribution in [3.05, 3.63) is 0 Å². The summed E-state index contributed by atoms with van der Waals surface area (Å²) in [7, 11) is 0. The van der Waals surface area contributed by atoms with Crippen molar-refractivity contribution in [2.45, 2.75) is 27.7 Å². The zero-order chi connectivity index (χ0) is 9.14. The monoisotopic (exact) mass is 391 g/mol. The first kappa shape index (κ1) is 10.5. The molecule has 2 atom stereocenters. The third-order valence-corrected chi connectivity index (χ3v) is 6.42. The van der Waals surface area contributed by atoms with Gasteiger partial charge < -0.3 is 0 Å². The SMILES string of the molecule is CCC(=O)N1[I-][C@@H](I)C[C@H]1C#N. The van der Waals surface area contributed by atoms with Gasteiger partial charge >= 0.3 is 97.0 Å². The number of hydrogen-bond donors (Lipinski definition) is 0. The molecule has 0 aromatic carbocycles. The molecule has 0 aromatic rings. The maximum absolute atomic E-state index is 11.3. The van der Waals surface area contributed by atoms with E-state index >= 15 is 0 Å². The summed E-state index contributed by atoms with van der Waals surface area (Å²) in [5.74, 6) is 0.147. The van der Waals surface area contributed by atoms with Crippen LogP contribution in [0.1, 0.15) is 19.8 Å². The number of halogens is 2. The summed E-state index contributed by atoms with van der Waals surface area (Å²) >= 11 is 2.11. The van der Waals surface area contributed by atoms with Gasteiger partial charge in [-0.15, -0.1) is 0 Å². The average Bonchev–Trinajstić information content (AvgIpc) is 2.45. The molecule has 1 aliphatic rings. The van der Waals surface area contributed by atoms with E-state index in [4.69, 9.17) is 5.26 Å². The van der Waals surface area contributed by atoms with Crippen molar-refractivity contribution >= 4 is 28.5 Å². The fraction of sp³-hybridized carbons (Fsp3) is 0.714. The molecule has 1 amide bonds. The van der Waals surface area contributed by atoms with Gasteiger partial charge in [-0.2, -0.15) is 0 Å². The maximum atomic E-state index is 11.3. The second-order valence-electron chi connectivity index (χ2n) is 2.43. The number of amides is 1. The fourth-order valence-corrected chi connectivity index (χ4v) is 5.72. The number of carbonyl (C=O) groups excluding carboxylic acids is 1. The van der Waals surface area contributed by atoms with Gasteiger partial charge in [-0.25, -0.2) is 0 Å². The van der Waals surface area contributed by atoms with Crippen LogP contribution in [0.5, 0.6) is 0 Å². The predicted molar refractivity (Wildman–Crippen MR) is 49.0 cm³/mol. The Hall–Kier alpha value is 0.420. The number of hydrogen-bond acceptors (Lipinski definition) is 2. The average molecular weight is 391 g/mol. The summed E-state index contributed by atoms with van der Waals surface area (Å²) in [4.78, 5) is 11.3. The van der Waals surface area contributed by atoms with Crippen LogP contribution in [-0.2, 0) is 4.79 Å². The molecule has 12 heavy (non-hydrogen) atoms. The molecule has 1 rings (SSSR count). The summed E-state index contributed by atoms with van der Waals surface area (Å²) < 4.78 is 2.36. The van der Waals surface area contributed by atoms with Crippen LogP contribution in [0.15, 0.2) is 0 Å². The Balaban J connectivity index is 2.65. The molecule has 1 heterocycles. The van der Waals surface area contributed by atoms with E-state index in [1.54, 1.807) is 3.11 Å². The number of nitrogens with zero attached hydrogens (tertiary/aromatic N) is 2. The topological polar surface area (TPSA) is 44.1 Å². The molecular formula is C7H9I2N2O-.